The van der Waals surface area contributed by atoms with E-state index in [1.807, 2.05) is 17.8 Å². The van der Waals surface area contributed by atoms with E-state index in [-0.39, 0.29) is 10.8 Å². The van der Waals surface area contributed by atoms with E-state index in [9.17, 15) is 4.39 Å². The highest BCUT2D eigenvalue weighted by Crippen LogP contribution is 2.30. The fourth-order valence-electron chi connectivity index (χ4n) is 2.47. The van der Waals surface area contributed by atoms with Crippen LogP contribution in [0.1, 0.15) is 31.7 Å². The molecule has 2 unspecified atom stereocenters. The first-order chi connectivity index (χ1) is 8.70. The Labute approximate surface area is 117 Å². The van der Waals surface area contributed by atoms with E-state index < -0.39 is 0 Å². The third-order valence-corrected chi connectivity index (χ3v) is 5.02. The molecule has 100 valence electrons. The second kappa shape index (κ2) is 6.78. The quantitative estimate of drug-likeness (QED) is 0.869. The first-order valence-corrected chi connectivity index (χ1v) is 7.92. The van der Waals surface area contributed by atoms with Gasteiger partial charge in [-0.15, -0.1) is 0 Å². The molecule has 2 atom stereocenters. The largest absolute Gasteiger partial charge is 0.309 e. The molecule has 0 bridgehead atoms. The summed E-state index contributed by atoms with van der Waals surface area (Å²) in [6, 6.07) is 5.59. The number of thioether (sulfide) groups is 1. The molecule has 1 aliphatic carbocycles. The van der Waals surface area contributed by atoms with Crippen molar-refractivity contribution in [1.82, 2.24) is 5.32 Å². The minimum atomic E-state index is -0.332. The van der Waals surface area contributed by atoms with Crippen LogP contribution in [0.2, 0.25) is 5.02 Å². The van der Waals surface area contributed by atoms with Crippen molar-refractivity contribution < 1.29 is 4.39 Å². The van der Waals surface area contributed by atoms with Gasteiger partial charge in [-0.25, -0.2) is 4.39 Å². The predicted molar refractivity (Wildman–Crippen MR) is 77.8 cm³/mol. The molecule has 0 aromatic heterocycles. The van der Waals surface area contributed by atoms with Gasteiger partial charge in [-0.3, -0.25) is 0 Å². The Morgan fingerprint density at radius 3 is 3.00 bits per heavy atom. The molecule has 1 nitrogen and oxygen atoms in total. The number of nitrogens with one attached hydrogen (secondary N) is 1. The van der Waals surface area contributed by atoms with Gasteiger partial charge in [0.1, 0.15) is 5.82 Å². The normalized spacial score (nSPS) is 23.5. The van der Waals surface area contributed by atoms with Crippen LogP contribution in [0.25, 0.3) is 0 Å². The lowest BCUT2D eigenvalue weighted by molar-refractivity contribution is 0.530. The number of hydrogen-bond donors (Lipinski definition) is 1. The maximum Gasteiger partial charge on any atom is 0.142 e. The number of halogens is 2. The fraction of sp³-hybridized carbons (Fsp3) is 0.571. The van der Waals surface area contributed by atoms with Crippen LogP contribution in [0.3, 0.4) is 0 Å². The third kappa shape index (κ3) is 3.62. The van der Waals surface area contributed by atoms with Crippen molar-refractivity contribution >= 4 is 23.4 Å². The van der Waals surface area contributed by atoms with Gasteiger partial charge in [0.05, 0.1) is 5.02 Å². The maximum absolute atomic E-state index is 13.3. The lowest BCUT2D eigenvalue weighted by Gasteiger charge is -2.20. The van der Waals surface area contributed by atoms with Crippen molar-refractivity contribution in [3.63, 3.8) is 0 Å². The summed E-state index contributed by atoms with van der Waals surface area (Å²) in [5.41, 5.74) is 0.962. The summed E-state index contributed by atoms with van der Waals surface area (Å²) in [5.74, 6) is 0.833. The van der Waals surface area contributed by atoms with E-state index in [0.29, 0.717) is 11.3 Å². The van der Waals surface area contributed by atoms with Crippen LogP contribution < -0.4 is 5.32 Å². The van der Waals surface area contributed by atoms with E-state index in [0.717, 1.165) is 12.1 Å². The molecule has 1 fully saturated rings. The van der Waals surface area contributed by atoms with Gasteiger partial charge in [-0.05, 0) is 36.3 Å². The number of benzene rings is 1. The molecule has 0 aliphatic heterocycles. The summed E-state index contributed by atoms with van der Waals surface area (Å²) < 4.78 is 13.3. The third-order valence-electron chi connectivity index (χ3n) is 3.39. The lowest BCUT2D eigenvalue weighted by Crippen LogP contribution is -2.33. The first kappa shape index (κ1) is 14.2. The molecule has 0 radical (unpaired) electrons. The van der Waals surface area contributed by atoms with Gasteiger partial charge in [-0.2, -0.15) is 11.8 Å². The van der Waals surface area contributed by atoms with Crippen LogP contribution in [-0.2, 0) is 6.54 Å². The summed E-state index contributed by atoms with van der Waals surface area (Å²) >= 11 is 7.70. The van der Waals surface area contributed by atoms with Crippen molar-refractivity contribution in [3.8, 4) is 0 Å². The topological polar surface area (TPSA) is 12.0 Å². The van der Waals surface area contributed by atoms with E-state index in [1.54, 1.807) is 6.07 Å². The zero-order valence-electron chi connectivity index (χ0n) is 10.6. The molecule has 1 aromatic carbocycles. The molecule has 0 saturated heterocycles. The van der Waals surface area contributed by atoms with Gasteiger partial charge in [0.25, 0.3) is 0 Å². The Hall–Kier alpha value is -0.250. The summed E-state index contributed by atoms with van der Waals surface area (Å²) in [7, 11) is 0. The maximum atomic E-state index is 13.3. The molecule has 0 spiro atoms. The molecule has 4 heteroatoms. The number of hydrogen-bond acceptors (Lipinski definition) is 2. The Kier molecular flexibility index (Phi) is 5.34. The fourth-order valence-corrected chi connectivity index (χ4v) is 3.82. The van der Waals surface area contributed by atoms with Gasteiger partial charge in [0, 0.05) is 17.8 Å². The first-order valence-electron chi connectivity index (χ1n) is 6.49. The second-order valence-electron chi connectivity index (χ2n) is 4.66. The summed E-state index contributed by atoms with van der Waals surface area (Å²) in [6.45, 7) is 2.92. The monoisotopic (exact) mass is 287 g/mol. The van der Waals surface area contributed by atoms with E-state index >= 15 is 0 Å². The van der Waals surface area contributed by atoms with E-state index in [4.69, 9.17) is 11.6 Å². The Balaban J connectivity index is 1.88. The highest BCUT2D eigenvalue weighted by molar-refractivity contribution is 7.99. The zero-order chi connectivity index (χ0) is 13.0. The highest BCUT2D eigenvalue weighted by atomic mass is 35.5. The Morgan fingerprint density at radius 1 is 1.44 bits per heavy atom. The highest BCUT2D eigenvalue weighted by Gasteiger charge is 2.26. The molecular weight excluding hydrogens is 269 g/mol. The van der Waals surface area contributed by atoms with Gasteiger partial charge < -0.3 is 5.32 Å². The van der Waals surface area contributed by atoms with Crippen molar-refractivity contribution in [2.45, 2.75) is 44.0 Å². The molecule has 1 aromatic rings. The van der Waals surface area contributed by atoms with Crippen LogP contribution in [0.4, 0.5) is 4.39 Å². The van der Waals surface area contributed by atoms with Crippen LogP contribution in [0, 0.1) is 5.82 Å². The minimum absolute atomic E-state index is 0.194. The Bertz CT molecular complexity index is 399. The van der Waals surface area contributed by atoms with Gasteiger partial charge in [-0.1, -0.05) is 31.0 Å². The standard InChI is InChI=1S/C14H19ClFNS/c1-2-18-14-5-3-4-13(14)17-9-10-6-7-11(15)12(16)8-10/h6-8,13-14,17H,2-5,9H2,1H3. The van der Waals surface area contributed by atoms with Crippen LogP contribution in [-0.4, -0.2) is 17.0 Å². The SMILES string of the molecule is CCSC1CCCC1NCc1ccc(Cl)c(F)c1. The molecule has 1 saturated carbocycles. The van der Waals surface area contributed by atoms with Crippen LogP contribution in [0.5, 0.6) is 0 Å². The molecule has 2 rings (SSSR count). The summed E-state index contributed by atoms with van der Waals surface area (Å²) in [4.78, 5) is 0. The van der Waals surface area contributed by atoms with Gasteiger partial charge >= 0.3 is 0 Å². The minimum Gasteiger partial charge on any atom is -0.309 e. The van der Waals surface area contributed by atoms with Crippen molar-refractivity contribution in [1.29, 1.82) is 0 Å². The average molecular weight is 288 g/mol. The zero-order valence-corrected chi connectivity index (χ0v) is 12.2. The molecule has 1 aliphatic rings. The smallest absolute Gasteiger partial charge is 0.142 e. The van der Waals surface area contributed by atoms with E-state index in [1.165, 1.54) is 31.1 Å². The van der Waals surface area contributed by atoms with Gasteiger partial charge in [0.2, 0.25) is 0 Å². The average Bonchev–Trinajstić information content (AvgIpc) is 2.79. The van der Waals surface area contributed by atoms with E-state index in [2.05, 4.69) is 12.2 Å². The van der Waals surface area contributed by atoms with Crippen molar-refractivity contribution in [2.75, 3.05) is 5.75 Å². The second-order valence-corrected chi connectivity index (χ2v) is 6.58. The predicted octanol–water partition coefficient (Wildman–Crippen LogP) is 4.24. The molecule has 1 N–H and O–H groups in total. The van der Waals surface area contributed by atoms with Gasteiger partial charge in [0.15, 0.2) is 0 Å². The molecular formula is C14H19ClFNS. The summed E-state index contributed by atoms with van der Waals surface area (Å²) in [6.07, 6.45) is 3.82. The van der Waals surface area contributed by atoms with Crippen LogP contribution >= 0.6 is 23.4 Å². The number of rotatable bonds is 5. The Morgan fingerprint density at radius 2 is 2.28 bits per heavy atom. The molecule has 0 amide bonds. The molecule has 0 heterocycles. The lowest BCUT2D eigenvalue weighted by atomic mass is 10.2. The summed E-state index contributed by atoms with van der Waals surface area (Å²) in [5, 5.41) is 4.46. The van der Waals surface area contributed by atoms with Crippen molar-refractivity contribution in [2.24, 2.45) is 0 Å². The van der Waals surface area contributed by atoms with Crippen molar-refractivity contribution in [3.05, 3.63) is 34.6 Å². The molecule has 18 heavy (non-hydrogen) atoms. The van der Waals surface area contributed by atoms with Crippen LogP contribution in [0.15, 0.2) is 18.2 Å².